The number of nitrogens with zero attached hydrogens (tertiary/aromatic N) is 1. The Labute approximate surface area is 73.7 Å². The predicted molar refractivity (Wildman–Crippen MR) is 48.0 cm³/mol. The molecule has 0 spiro atoms. The highest BCUT2D eigenvalue weighted by Gasteiger charge is 2.17. The first kappa shape index (κ1) is 7.19. The maximum Gasteiger partial charge on any atom is 0.157 e. The van der Waals surface area contributed by atoms with Crippen molar-refractivity contribution in [2.45, 2.75) is 0 Å². The molecule has 1 aromatic heterocycles. The van der Waals surface area contributed by atoms with Crippen molar-refractivity contribution in [3.05, 3.63) is 16.5 Å². The highest BCUT2D eigenvalue weighted by atomic mass is 32.1. The van der Waals surface area contributed by atoms with Gasteiger partial charge in [0.1, 0.15) is 23.2 Å². The molecule has 2 heterocycles. The molecule has 0 radical (unpaired) electrons. The minimum atomic E-state index is 0.472. The zero-order valence-electron chi connectivity index (χ0n) is 6.20. The summed E-state index contributed by atoms with van der Waals surface area (Å²) in [4.78, 5) is 0.940. The van der Waals surface area contributed by atoms with Crippen molar-refractivity contribution in [1.82, 2.24) is 0 Å². The number of hydrogen-bond donors (Lipinski definition) is 1. The lowest BCUT2D eigenvalue weighted by molar-refractivity contribution is 0.359. The van der Waals surface area contributed by atoms with Crippen LogP contribution in [0, 0.1) is 11.3 Å². The topological polar surface area (TPSA) is 59.0 Å². The molecule has 4 heteroatoms. The van der Waals surface area contributed by atoms with Gasteiger partial charge in [0.2, 0.25) is 0 Å². The van der Waals surface area contributed by atoms with E-state index in [9.17, 15) is 0 Å². The van der Waals surface area contributed by atoms with Gasteiger partial charge in [-0.2, -0.15) is 5.26 Å². The van der Waals surface area contributed by atoms with Crippen LogP contribution in [0.15, 0.2) is 6.08 Å². The third-order valence-electron chi connectivity index (χ3n) is 1.62. The maximum absolute atomic E-state index is 8.74. The number of ether oxygens (including phenoxy) is 1. The average molecular weight is 178 g/mol. The van der Waals surface area contributed by atoms with Gasteiger partial charge in [-0.25, -0.2) is 0 Å². The predicted octanol–water partition coefficient (Wildman–Crippen LogP) is 1.61. The normalized spacial score (nSPS) is 13.2. The molecular weight excluding hydrogens is 172 g/mol. The van der Waals surface area contributed by atoms with Crippen molar-refractivity contribution >= 4 is 22.4 Å². The summed E-state index contributed by atoms with van der Waals surface area (Å²) < 4.78 is 5.29. The van der Waals surface area contributed by atoms with Gasteiger partial charge in [-0.15, -0.1) is 11.3 Å². The Morgan fingerprint density at radius 3 is 3.25 bits per heavy atom. The molecule has 2 rings (SSSR count). The summed E-state index contributed by atoms with van der Waals surface area (Å²) in [6, 6.07) is 2.03. The van der Waals surface area contributed by atoms with Gasteiger partial charge < -0.3 is 10.5 Å². The van der Waals surface area contributed by atoms with E-state index in [1.807, 2.05) is 18.2 Å². The molecule has 1 aliphatic rings. The molecule has 0 atom stereocenters. The van der Waals surface area contributed by atoms with Crippen LogP contribution in [0.4, 0.5) is 5.00 Å². The van der Waals surface area contributed by atoms with E-state index < -0.39 is 0 Å². The SMILES string of the molecule is N#Cc1c(N)sc2c1OCC=C2. The molecule has 0 amide bonds. The van der Waals surface area contributed by atoms with Crippen molar-refractivity contribution in [3.8, 4) is 11.8 Å². The number of nitrogens with two attached hydrogens (primary N) is 1. The number of nitrogen functional groups attached to an aromatic ring is 1. The van der Waals surface area contributed by atoms with E-state index in [0.717, 1.165) is 4.88 Å². The second kappa shape index (κ2) is 2.54. The third kappa shape index (κ3) is 0.874. The Balaban J connectivity index is 2.65. The highest BCUT2D eigenvalue weighted by molar-refractivity contribution is 7.17. The summed E-state index contributed by atoms with van der Waals surface area (Å²) in [6.45, 7) is 0.526. The second-order valence-corrected chi connectivity index (χ2v) is 3.44. The summed E-state index contributed by atoms with van der Waals surface area (Å²) >= 11 is 1.38. The van der Waals surface area contributed by atoms with Crippen molar-refractivity contribution in [1.29, 1.82) is 5.26 Å². The lowest BCUT2D eigenvalue weighted by Gasteiger charge is -2.06. The molecule has 0 unspecified atom stereocenters. The van der Waals surface area contributed by atoms with Gasteiger partial charge in [0, 0.05) is 0 Å². The van der Waals surface area contributed by atoms with E-state index in [1.54, 1.807) is 0 Å². The molecule has 0 saturated carbocycles. The van der Waals surface area contributed by atoms with E-state index in [2.05, 4.69) is 0 Å². The van der Waals surface area contributed by atoms with Crippen molar-refractivity contribution < 1.29 is 4.74 Å². The molecule has 1 aromatic rings. The van der Waals surface area contributed by atoms with Crippen LogP contribution >= 0.6 is 11.3 Å². The van der Waals surface area contributed by atoms with Crippen LogP contribution in [0.25, 0.3) is 6.08 Å². The molecule has 2 N–H and O–H groups in total. The molecule has 1 aliphatic heterocycles. The van der Waals surface area contributed by atoms with Crippen LogP contribution in [-0.4, -0.2) is 6.61 Å². The fourth-order valence-corrected chi connectivity index (χ4v) is 1.99. The molecule has 0 aromatic carbocycles. The Morgan fingerprint density at radius 1 is 1.67 bits per heavy atom. The van der Waals surface area contributed by atoms with Crippen molar-refractivity contribution in [3.63, 3.8) is 0 Å². The quantitative estimate of drug-likeness (QED) is 0.656. The zero-order valence-corrected chi connectivity index (χ0v) is 7.02. The number of fused-ring (bicyclic) bond motifs is 1. The smallest absolute Gasteiger partial charge is 0.157 e. The second-order valence-electron chi connectivity index (χ2n) is 2.36. The van der Waals surface area contributed by atoms with E-state index in [4.69, 9.17) is 15.7 Å². The first-order valence-electron chi connectivity index (χ1n) is 3.44. The van der Waals surface area contributed by atoms with Gasteiger partial charge in [-0.05, 0) is 12.2 Å². The molecule has 0 aliphatic carbocycles. The summed E-state index contributed by atoms with van der Waals surface area (Å²) in [7, 11) is 0. The van der Waals surface area contributed by atoms with Crippen LogP contribution in [-0.2, 0) is 0 Å². The first-order chi connectivity index (χ1) is 5.83. The fourth-order valence-electron chi connectivity index (χ4n) is 1.10. The van der Waals surface area contributed by atoms with Crippen LogP contribution in [0.5, 0.6) is 5.75 Å². The Kier molecular flexibility index (Phi) is 1.52. The number of nitriles is 1. The summed E-state index contributed by atoms with van der Waals surface area (Å²) in [5, 5.41) is 9.27. The minimum absolute atomic E-state index is 0.472. The van der Waals surface area contributed by atoms with E-state index >= 15 is 0 Å². The van der Waals surface area contributed by atoms with Crippen LogP contribution < -0.4 is 10.5 Å². The Morgan fingerprint density at radius 2 is 2.50 bits per heavy atom. The minimum Gasteiger partial charge on any atom is -0.487 e. The summed E-state index contributed by atoms with van der Waals surface area (Å²) in [5.74, 6) is 0.641. The lowest BCUT2D eigenvalue weighted by atomic mass is 10.2. The van der Waals surface area contributed by atoms with E-state index in [0.29, 0.717) is 22.9 Å². The number of rotatable bonds is 0. The molecular formula is C8H6N2OS. The molecule has 12 heavy (non-hydrogen) atoms. The van der Waals surface area contributed by atoms with Gasteiger partial charge >= 0.3 is 0 Å². The van der Waals surface area contributed by atoms with Crippen LogP contribution in [0.2, 0.25) is 0 Å². The molecule has 60 valence electrons. The van der Waals surface area contributed by atoms with Gasteiger partial charge in [0.05, 0.1) is 4.88 Å². The number of anilines is 1. The first-order valence-corrected chi connectivity index (χ1v) is 4.26. The molecule has 0 bridgehead atoms. The molecule has 0 saturated heterocycles. The monoisotopic (exact) mass is 178 g/mol. The van der Waals surface area contributed by atoms with E-state index in [1.165, 1.54) is 11.3 Å². The van der Waals surface area contributed by atoms with Gasteiger partial charge in [-0.1, -0.05) is 0 Å². The summed E-state index contributed by atoms with van der Waals surface area (Å²) in [6.07, 6.45) is 3.83. The Hall–Kier alpha value is -1.47. The van der Waals surface area contributed by atoms with Gasteiger partial charge in [0.25, 0.3) is 0 Å². The number of hydrogen-bond acceptors (Lipinski definition) is 4. The highest BCUT2D eigenvalue weighted by Crippen LogP contribution is 2.39. The third-order valence-corrected chi connectivity index (χ3v) is 2.59. The van der Waals surface area contributed by atoms with Crippen LogP contribution in [0.3, 0.4) is 0 Å². The average Bonchev–Trinajstić information content (AvgIpc) is 2.40. The van der Waals surface area contributed by atoms with E-state index in [-0.39, 0.29) is 0 Å². The van der Waals surface area contributed by atoms with Gasteiger partial charge in [-0.3, -0.25) is 0 Å². The van der Waals surface area contributed by atoms with Crippen molar-refractivity contribution in [2.75, 3.05) is 12.3 Å². The largest absolute Gasteiger partial charge is 0.487 e. The van der Waals surface area contributed by atoms with Crippen molar-refractivity contribution in [2.24, 2.45) is 0 Å². The van der Waals surface area contributed by atoms with Crippen LogP contribution in [0.1, 0.15) is 10.4 Å². The molecule has 0 fully saturated rings. The fraction of sp³-hybridized carbons (Fsp3) is 0.125. The summed E-state index contributed by atoms with van der Waals surface area (Å²) in [5.41, 5.74) is 6.09. The number of thiophene rings is 1. The maximum atomic E-state index is 8.74. The lowest BCUT2D eigenvalue weighted by Crippen LogP contribution is -1.98. The zero-order chi connectivity index (χ0) is 8.55. The molecule has 3 nitrogen and oxygen atoms in total. The Bertz CT molecular complexity index is 386. The van der Waals surface area contributed by atoms with Gasteiger partial charge in [0.15, 0.2) is 5.75 Å². The standard InChI is InChI=1S/C8H6N2OS/c9-4-5-7-6(12-8(5)10)2-1-3-11-7/h1-2H,3,10H2.